The van der Waals surface area contributed by atoms with Crippen molar-refractivity contribution in [2.45, 2.75) is 38.2 Å². The summed E-state index contributed by atoms with van der Waals surface area (Å²) in [5.74, 6) is 1.04. The third-order valence-electron chi connectivity index (χ3n) is 5.38. The summed E-state index contributed by atoms with van der Waals surface area (Å²) < 4.78 is 43.6. The predicted octanol–water partition coefficient (Wildman–Crippen LogP) is 2.68. The number of carbonyl (C=O) groups is 1. The van der Waals surface area contributed by atoms with E-state index in [2.05, 4.69) is 5.32 Å². The van der Waals surface area contributed by atoms with E-state index < -0.39 is 16.1 Å². The highest BCUT2D eigenvalue weighted by atomic mass is 32.2. The Hall–Kier alpha value is -2.62. The molecule has 0 spiro atoms. The Balaban J connectivity index is 1.47. The van der Waals surface area contributed by atoms with E-state index in [1.807, 2.05) is 39.0 Å². The van der Waals surface area contributed by atoms with Gasteiger partial charge in [0.25, 0.3) is 5.91 Å². The maximum absolute atomic E-state index is 12.7. The van der Waals surface area contributed by atoms with Crippen molar-refractivity contribution in [3.8, 4) is 11.5 Å². The van der Waals surface area contributed by atoms with Crippen LogP contribution >= 0.6 is 0 Å². The number of benzene rings is 2. The van der Waals surface area contributed by atoms with Crippen LogP contribution in [0.1, 0.15) is 24.5 Å². The lowest BCUT2D eigenvalue weighted by molar-refractivity contribution is -0.128. The lowest BCUT2D eigenvalue weighted by atomic mass is 10.1. The second-order valence-corrected chi connectivity index (χ2v) is 9.85. The second kappa shape index (κ2) is 11.5. The van der Waals surface area contributed by atoms with Crippen LogP contribution in [0.25, 0.3) is 0 Å². The van der Waals surface area contributed by atoms with Crippen molar-refractivity contribution in [1.82, 2.24) is 9.62 Å². The Morgan fingerprint density at radius 3 is 2.48 bits per heavy atom. The van der Waals surface area contributed by atoms with Gasteiger partial charge in [-0.15, -0.1) is 0 Å². The molecular formula is C24H32N2O6S. The molecule has 1 heterocycles. The molecule has 0 bridgehead atoms. The van der Waals surface area contributed by atoms with Crippen molar-refractivity contribution in [2.75, 3.05) is 39.5 Å². The molecule has 1 saturated heterocycles. The first-order valence-electron chi connectivity index (χ1n) is 11.1. The molecule has 2 aromatic rings. The van der Waals surface area contributed by atoms with E-state index in [1.165, 1.54) is 16.4 Å². The summed E-state index contributed by atoms with van der Waals surface area (Å²) in [4.78, 5) is 12.7. The van der Waals surface area contributed by atoms with E-state index in [1.54, 1.807) is 12.1 Å². The quantitative estimate of drug-likeness (QED) is 0.530. The van der Waals surface area contributed by atoms with Gasteiger partial charge in [0.05, 0.1) is 24.7 Å². The van der Waals surface area contributed by atoms with E-state index >= 15 is 0 Å². The Labute approximate surface area is 195 Å². The highest BCUT2D eigenvalue weighted by Gasteiger charge is 2.26. The smallest absolute Gasteiger partial charge is 0.261 e. The van der Waals surface area contributed by atoms with Gasteiger partial charge in [0.15, 0.2) is 6.10 Å². The molecule has 0 aromatic heterocycles. The first-order chi connectivity index (χ1) is 15.8. The van der Waals surface area contributed by atoms with Gasteiger partial charge in [-0.3, -0.25) is 4.79 Å². The summed E-state index contributed by atoms with van der Waals surface area (Å²) in [7, 11) is -3.53. The van der Waals surface area contributed by atoms with Crippen LogP contribution in [0.3, 0.4) is 0 Å². The van der Waals surface area contributed by atoms with E-state index in [-0.39, 0.29) is 17.4 Å². The minimum absolute atomic E-state index is 0.200. The standard InChI is InChI=1S/C24H32N2O6S/c1-4-22(32-23-17-18(2)5-6-19(23)3)24(27)25-11-14-31-20-7-9-21(10-8-20)33(28,29)26-12-15-30-16-13-26/h5-10,17,22H,4,11-16H2,1-3H3,(H,25,27). The summed E-state index contributed by atoms with van der Waals surface area (Å²) in [6, 6.07) is 12.2. The van der Waals surface area contributed by atoms with Crippen LogP contribution in [0.2, 0.25) is 0 Å². The first kappa shape index (κ1) is 25.0. The predicted molar refractivity (Wildman–Crippen MR) is 125 cm³/mol. The number of amides is 1. The third kappa shape index (κ3) is 6.69. The molecule has 0 aliphatic carbocycles. The molecule has 0 radical (unpaired) electrons. The number of ether oxygens (including phenoxy) is 3. The van der Waals surface area contributed by atoms with Gasteiger partial charge in [-0.1, -0.05) is 19.1 Å². The maximum atomic E-state index is 12.7. The van der Waals surface area contributed by atoms with Gasteiger partial charge >= 0.3 is 0 Å². The number of nitrogens with one attached hydrogen (secondary N) is 1. The van der Waals surface area contributed by atoms with Crippen molar-refractivity contribution >= 4 is 15.9 Å². The molecule has 1 aliphatic rings. The molecule has 3 rings (SSSR count). The van der Waals surface area contributed by atoms with Gasteiger partial charge in [0, 0.05) is 13.1 Å². The van der Waals surface area contributed by atoms with Crippen molar-refractivity contribution in [3.05, 3.63) is 53.6 Å². The molecule has 1 amide bonds. The van der Waals surface area contributed by atoms with Crippen LogP contribution in [0.15, 0.2) is 47.4 Å². The van der Waals surface area contributed by atoms with Gasteiger partial charge < -0.3 is 19.5 Å². The molecule has 1 aliphatic heterocycles. The lowest BCUT2D eigenvalue weighted by Gasteiger charge is -2.26. The topological polar surface area (TPSA) is 94.2 Å². The zero-order chi connectivity index (χ0) is 23.8. The molecule has 33 heavy (non-hydrogen) atoms. The van der Waals surface area contributed by atoms with E-state index in [0.717, 1.165) is 11.1 Å². The summed E-state index contributed by atoms with van der Waals surface area (Å²) in [5, 5.41) is 2.83. The van der Waals surface area contributed by atoms with Crippen LogP contribution in [0.5, 0.6) is 11.5 Å². The molecular weight excluding hydrogens is 444 g/mol. The van der Waals surface area contributed by atoms with Gasteiger partial charge in [-0.05, 0) is 61.7 Å². The molecule has 1 fully saturated rings. The Morgan fingerprint density at radius 1 is 1.12 bits per heavy atom. The molecule has 0 saturated carbocycles. The van der Waals surface area contributed by atoms with Crippen LogP contribution in [0.4, 0.5) is 0 Å². The number of hydrogen-bond donors (Lipinski definition) is 1. The van der Waals surface area contributed by atoms with Gasteiger partial charge in [0.2, 0.25) is 10.0 Å². The number of carbonyl (C=O) groups excluding carboxylic acids is 1. The monoisotopic (exact) mass is 476 g/mol. The number of hydrogen-bond acceptors (Lipinski definition) is 6. The maximum Gasteiger partial charge on any atom is 0.261 e. The van der Waals surface area contributed by atoms with Crippen molar-refractivity contribution in [2.24, 2.45) is 0 Å². The molecule has 180 valence electrons. The van der Waals surface area contributed by atoms with Crippen LogP contribution in [-0.4, -0.2) is 64.2 Å². The zero-order valence-electron chi connectivity index (χ0n) is 19.4. The molecule has 8 nitrogen and oxygen atoms in total. The van der Waals surface area contributed by atoms with Crippen LogP contribution in [-0.2, 0) is 19.6 Å². The van der Waals surface area contributed by atoms with Crippen molar-refractivity contribution < 1.29 is 27.4 Å². The largest absolute Gasteiger partial charge is 0.492 e. The SMILES string of the molecule is CCC(Oc1cc(C)ccc1C)C(=O)NCCOc1ccc(S(=O)(=O)N2CCOCC2)cc1. The molecule has 1 unspecified atom stereocenters. The first-order valence-corrected chi connectivity index (χ1v) is 12.6. The van der Waals surface area contributed by atoms with Gasteiger partial charge in [-0.2, -0.15) is 4.31 Å². The number of nitrogens with zero attached hydrogens (tertiary/aromatic N) is 1. The van der Waals surface area contributed by atoms with Crippen LogP contribution in [0, 0.1) is 13.8 Å². The van der Waals surface area contributed by atoms with E-state index in [0.29, 0.717) is 50.8 Å². The molecule has 1 atom stereocenters. The fourth-order valence-electron chi connectivity index (χ4n) is 3.41. The van der Waals surface area contributed by atoms with E-state index in [4.69, 9.17) is 14.2 Å². The van der Waals surface area contributed by atoms with E-state index in [9.17, 15) is 13.2 Å². The number of morpholine rings is 1. The minimum Gasteiger partial charge on any atom is -0.492 e. The lowest BCUT2D eigenvalue weighted by Crippen LogP contribution is -2.40. The highest BCUT2D eigenvalue weighted by Crippen LogP contribution is 2.22. The average molecular weight is 477 g/mol. The fourth-order valence-corrected chi connectivity index (χ4v) is 4.82. The average Bonchev–Trinajstić information content (AvgIpc) is 2.83. The zero-order valence-corrected chi connectivity index (χ0v) is 20.2. The molecule has 2 aromatic carbocycles. The fraction of sp³-hybridized carbons (Fsp3) is 0.458. The Morgan fingerprint density at radius 2 is 1.82 bits per heavy atom. The Bertz CT molecular complexity index is 1030. The second-order valence-electron chi connectivity index (χ2n) is 7.91. The Kier molecular flexibility index (Phi) is 8.71. The van der Waals surface area contributed by atoms with Gasteiger partial charge in [-0.25, -0.2) is 8.42 Å². The number of aryl methyl sites for hydroxylation is 2. The number of sulfonamides is 1. The third-order valence-corrected chi connectivity index (χ3v) is 7.29. The summed E-state index contributed by atoms with van der Waals surface area (Å²) in [6.07, 6.45) is -0.0470. The molecule has 1 N–H and O–H groups in total. The van der Waals surface area contributed by atoms with Gasteiger partial charge in [0.1, 0.15) is 18.1 Å². The van der Waals surface area contributed by atoms with Crippen LogP contribution < -0.4 is 14.8 Å². The minimum atomic E-state index is -3.53. The summed E-state index contributed by atoms with van der Waals surface area (Å²) in [6.45, 7) is 7.90. The highest BCUT2D eigenvalue weighted by molar-refractivity contribution is 7.89. The van der Waals surface area contributed by atoms with Crippen molar-refractivity contribution in [1.29, 1.82) is 0 Å². The van der Waals surface area contributed by atoms with Crippen molar-refractivity contribution in [3.63, 3.8) is 0 Å². The normalized spacial score (nSPS) is 15.6. The summed E-state index contributed by atoms with van der Waals surface area (Å²) in [5.41, 5.74) is 2.05. The summed E-state index contributed by atoms with van der Waals surface area (Å²) >= 11 is 0. The molecule has 9 heteroatoms. The number of rotatable bonds is 10.